The van der Waals surface area contributed by atoms with Gasteiger partial charge in [0.05, 0.1) is 0 Å². The summed E-state index contributed by atoms with van der Waals surface area (Å²) in [5.74, 6) is -0.720. The van der Waals surface area contributed by atoms with Crippen molar-refractivity contribution in [1.29, 1.82) is 0 Å². The molecule has 0 bridgehead atoms. The molecule has 0 aromatic heterocycles. The van der Waals surface area contributed by atoms with Crippen LogP contribution in [0.15, 0.2) is 71.7 Å². The number of benzene rings is 2. The Hall–Kier alpha value is -2.86. The zero-order chi connectivity index (χ0) is 19.2. The highest BCUT2D eigenvalue weighted by molar-refractivity contribution is 7.80. The number of carboxylic acids is 1. The second-order valence-corrected chi connectivity index (χ2v) is 6.45. The Morgan fingerprint density at radius 2 is 1.78 bits per heavy atom. The lowest BCUT2D eigenvalue weighted by molar-refractivity contribution is -0.137. The molecule has 1 amide bonds. The largest absolute Gasteiger partial charge is 0.480 e. The minimum atomic E-state index is -1.05. The molecule has 1 atom stereocenters. The van der Waals surface area contributed by atoms with Gasteiger partial charge in [0.15, 0.2) is 6.04 Å². The van der Waals surface area contributed by atoms with Gasteiger partial charge in [-0.2, -0.15) is 12.6 Å². The van der Waals surface area contributed by atoms with E-state index in [9.17, 15) is 14.7 Å². The molecular weight excluding hydrogens is 360 g/mol. The van der Waals surface area contributed by atoms with E-state index in [1.54, 1.807) is 11.0 Å². The zero-order valence-corrected chi connectivity index (χ0v) is 15.5. The Morgan fingerprint density at radius 3 is 2.48 bits per heavy atom. The first-order valence-electron chi connectivity index (χ1n) is 8.63. The Morgan fingerprint density at radius 1 is 1.07 bits per heavy atom. The number of aliphatic imine (C=N–C) groups is 1. The summed E-state index contributed by atoms with van der Waals surface area (Å²) in [7, 11) is 0. The number of aliphatic carboxylic acids is 1. The number of nitrogens with zero attached hydrogens (tertiary/aromatic N) is 2. The third kappa shape index (κ3) is 4.28. The van der Waals surface area contributed by atoms with Crippen LogP contribution in [-0.4, -0.2) is 46.1 Å². The summed E-state index contributed by atoms with van der Waals surface area (Å²) in [5, 5.41) is 9.26. The predicted molar refractivity (Wildman–Crippen MR) is 109 cm³/mol. The van der Waals surface area contributed by atoms with E-state index in [-0.39, 0.29) is 11.7 Å². The molecule has 27 heavy (non-hydrogen) atoms. The number of rotatable bonds is 5. The third-order valence-corrected chi connectivity index (χ3v) is 4.66. The zero-order valence-electron chi connectivity index (χ0n) is 14.7. The summed E-state index contributed by atoms with van der Waals surface area (Å²) in [6, 6.07) is 16.1. The van der Waals surface area contributed by atoms with Crippen LogP contribution < -0.4 is 0 Å². The molecule has 1 aliphatic heterocycles. The van der Waals surface area contributed by atoms with Gasteiger partial charge in [0, 0.05) is 24.3 Å². The lowest BCUT2D eigenvalue weighted by atomic mass is 9.98. The van der Waals surface area contributed by atoms with Gasteiger partial charge < -0.3 is 5.11 Å². The number of carbonyl (C=O) groups is 2. The third-order valence-electron chi connectivity index (χ3n) is 4.32. The topological polar surface area (TPSA) is 70.0 Å². The van der Waals surface area contributed by atoms with Crippen molar-refractivity contribution in [3.05, 3.63) is 72.3 Å². The van der Waals surface area contributed by atoms with Crippen LogP contribution in [0.5, 0.6) is 0 Å². The second kappa shape index (κ2) is 8.68. The lowest BCUT2D eigenvalue weighted by Gasteiger charge is -2.27. The first-order chi connectivity index (χ1) is 13.1. The summed E-state index contributed by atoms with van der Waals surface area (Å²) in [5.41, 5.74) is 2.34. The van der Waals surface area contributed by atoms with E-state index in [1.165, 1.54) is 0 Å². The first-order valence-corrected chi connectivity index (χ1v) is 9.26. The van der Waals surface area contributed by atoms with Gasteiger partial charge in [0.2, 0.25) is 0 Å². The highest BCUT2D eigenvalue weighted by atomic mass is 32.1. The van der Waals surface area contributed by atoms with E-state index in [4.69, 9.17) is 0 Å². The van der Waals surface area contributed by atoms with Crippen molar-refractivity contribution in [1.82, 2.24) is 4.90 Å². The van der Waals surface area contributed by atoms with Crippen molar-refractivity contribution >= 4 is 30.3 Å². The van der Waals surface area contributed by atoms with Crippen molar-refractivity contribution in [2.24, 2.45) is 4.99 Å². The maximum absolute atomic E-state index is 13.3. The Bertz CT molecular complexity index is 893. The van der Waals surface area contributed by atoms with Crippen LogP contribution >= 0.6 is 12.6 Å². The molecule has 0 saturated heterocycles. The average Bonchev–Trinajstić information content (AvgIpc) is 2.72. The van der Waals surface area contributed by atoms with Crippen LogP contribution in [0, 0.1) is 0 Å². The molecule has 0 radical (unpaired) electrons. The molecule has 0 spiro atoms. The van der Waals surface area contributed by atoms with Crippen molar-refractivity contribution in [2.45, 2.75) is 12.5 Å². The average molecular weight is 380 g/mol. The van der Waals surface area contributed by atoms with E-state index < -0.39 is 12.0 Å². The molecule has 138 valence electrons. The lowest BCUT2D eigenvalue weighted by Crippen LogP contribution is -2.40. The van der Waals surface area contributed by atoms with E-state index in [2.05, 4.69) is 17.6 Å². The van der Waals surface area contributed by atoms with Crippen molar-refractivity contribution in [2.75, 3.05) is 12.3 Å². The number of thiol groups is 1. The molecule has 0 saturated carbocycles. The van der Waals surface area contributed by atoms with Crippen molar-refractivity contribution < 1.29 is 14.7 Å². The summed E-state index contributed by atoms with van der Waals surface area (Å²) in [4.78, 5) is 30.4. The molecule has 1 N–H and O–H groups in total. The number of amides is 1. The summed E-state index contributed by atoms with van der Waals surface area (Å²) < 4.78 is 0. The fourth-order valence-corrected chi connectivity index (χ4v) is 3.18. The molecular formula is C21H20N2O3S. The molecule has 3 rings (SSSR count). The van der Waals surface area contributed by atoms with Gasteiger partial charge in [0.1, 0.15) is 5.84 Å². The highest BCUT2D eigenvalue weighted by Crippen LogP contribution is 2.25. The van der Waals surface area contributed by atoms with E-state index in [1.807, 2.05) is 60.7 Å². The minimum Gasteiger partial charge on any atom is -0.480 e. The molecule has 0 aliphatic carbocycles. The molecule has 0 fully saturated rings. The summed E-state index contributed by atoms with van der Waals surface area (Å²) in [6.07, 6.45) is 4.19. The number of carbonyl (C=O) groups excluding carboxylic acids is 1. The SMILES string of the molecule is O=C(O)[C@@H](CS)N=C1CC=CCN1C(=O)c1ccccc1-c1ccccc1. The van der Waals surface area contributed by atoms with Gasteiger partial charge in [-0.25, -0.2) is 4.79 Å². The Balaban J connectivity index is 1.99. The number of hydrogen-bond acceptors (Lipinski definition) is 4. The van der Waals surface area contributed by atoms with Gasteiger partial charge in [-0.3, -0.25) is 14.7 Å². The van der Waals surface area contributed by atoms with Gasteiger partial charge in [-0.1, -0.05) is 60.7 Å². The van der Waals surface area contributed by atoms with Gasteiger partial charge in [-0.05, 0) is 17.2 Å². The molecule has 1 heterocycles. The second-order valence-electron chi connectivity index (χ2n) is 6.08. The first kappa shape index (κ1) is 18.9. The summed E-state index contributed by atoms with van der Waals surface area (Å²) in [6.45, 7) is 0.361. The molecule has 1 aliphatic rings. The van der Waals surface area contributed by atoms with Gasteiger partial charge in [-0.15, -0.1) is 0 Å². The summed E-state index contributed by atoms with van der Waals surface area (Å²) >= 11 is 4.06. The van der Waals surface area contributed by atoms with Crippen LogP contribution in [0.1, 0.15) is 16.8 Å². The van der Waals surface area contributed by atoms with Gasteiger partial charge >= 0.3 is 5.97 Å². The quantitative estimate of drug-likeness (QED) is 0.616. The van der Waals surface area contributed by atoms with Crippen molar-refractivity contribution in [3.63, 3.8) is 0 Å². The maximum atomic E-state index is 13.3. The van der Waals surface area contributed by atoms with Crippen LogP contribution in [-0.2, 0) is 4.79 Å². The molecule has 6 heteroatoms. The Kier molecular flexibility index (Phi) is 6.08. The van der Waals surface area contributed by atoms with E-state index in [0.29, 0.717) is 24.4 Å². The predicted octanol–water partition coefficient (Wildman–Crippen LogP) is 3.54. The smallest absolute Gasteiger partial charge is 0.329 e. The van der Waals surface area contributed by atoms with Crippen LogP contribution in [0.2, 0.25) is 0 Å². The fraction of sp³-hybridized carbons (Fsp3) is 0.190. The van der Waals surface area contributed by atoms with Crippen molar-refractivity contribution in [3.8, 4) is 11.1 Å². The highest BCUT2D eigenvalue weighted by Gasteiger charge is 2.26. The number of carboxylic acid groups (broad SMARTS) is 1. The normalized spacial score (nSPS) is 16.3. The maximum Gasteiger partial charge on any atom is 0.329 e. The standard InChI is InChI=1S/C21H20N2O3S/c24-20(17-11-5-4-10-16(17)15-8-2-1-3-9-15)23-13-7-6-12-19(23)22-18(14-27)21(25)26/h1-11,18,27H,12-14H2,(H,25,26)/t18-/m1/s1. The monoisotopic (exact) mass is 380 g/mol. The fourth-order valence-electron chi connectivity index (χ4n) is 2.95. The molecule has 0 unspecified atom stereocenters. The van der Waals surface area contributed by atoms with Crippen LogP contribution in [0.3, 0.4) is 0 Å². The molecule has 2 aromatic carbocycles. The van der Waals surface area contributed by atoms with E-state index in [0.717, 1.165) is 11.1 Å². The Labute approximate surface area is 163 Å². The van der Waals surface area contributed by atoms with Crippen LogP contribution in [0.4, 0.5) is 0 Å². The molecule has 5 nitrogen and oxygen atoms in total. The number of amidine groups is 1. The minimum absolute atomic E-state index is 0.0746. The molecule has 2 aromatic rings. The van der Waals surface area contributed by atoms with Crippen LogP contribution in [0.25, 0.3) is 11.1 Å². The van der Waals surface area contributed by atoms with E-state index >= 15 is 0 Å². The van der Waals surface area contributed by atoms with Gasteiger partial charge in [0.25, 0.3) is 5.91 Å². The number of hydrogen-bond donors (Lipinski definition) is 2.